The standard InChI is InChI=1S/C27H24N2O2S/c1-18-6-5-9-24(16-18)29-26(30)19(2)32-25-14-12-23(13-15-25)28-27(31)22-11-10-20-7-3-4-8-21(20)17-22/h3-17,19H,1-2H3,(H,28,31)(H,29,30). The second kappa shape index (κ2) is 9.71. The normalized spacial score (nSPS) is 11.7. The number of thioether (sulfide) groups is 1. The Morgan fingerprint density at radius 3 is 2.25 bits per heavy atom. The molecule has 4 aromatic rings. The highest BCUT2D eigenvalue weighted by Gasteiger charge is 2.15. The fraction of sp³-hybridized carbons (Fsp3) is 0.111. The molecule has 0 radical (unpaired) electrons. The molecule has 0 fully saturated rings. The summed E-state index contributed by atoms with van der Waals surface area (Å²) in [7, 11) is 0. The molecule has 4 nitrogen and oxygen atoms in total. The number of carbonyl (C=O) groups excluding carboxylic acids is 2. The molecule has 0 aromatic heterocycles. The number of carbonyl (C=O) groups is 2. The van der Waals surface area contributed by atoms with Crippen molar-refractivity contribution in [3.63, 3.8) is 0 Å². The van der Waals surface area contributed by atoms with Gasteiger partial charge in [-0.1, -0.05) is 42.5 Å². The molecule has 2 N–H and O–H groups in total. The van der Waals surface area contributed by atoms with Crippen molar-refractivity contribution in [1.29, 1.82) is 0 Å². The van der Waals surface area contributed by atoms with Gasteiger partial charge >= 0.3 is 0 Å². The average Bonchev–Trinajstić information content (AvgIpc) is 2.80. The number of amides is 2. The van der Waals surface area contributed by atoms with Crippen LogP contribution in [0.15, 0.2) is 95.9 Å². The minimum atomic E-state index is -0.256. The van der Waals surface area contributed by atoms with Crippen LogP contribution in [-0.4, -0.2) is 17.1 Å². The quantitative estimate of drug-likeness (QED) is 0.336. The Morgan fingerprint density at radius 2 is 1.50 bits per heavy atom. The van der Waals surface area contributed by atoms with Crippen molar-refractivity contribution in [1.82, 2.24) is 0 Å². The molecular weight excluding hydrogens is 416 g/mol. The Kier molecular flexibility index (Phi) is 6.57. The van der Waals surface area contributed by atoms with Crippen molar-refractivity contribution in [3.8, 4) is 0 Å². The van der Waals surface area contributed by atoms with Gasteiger partial charge in [-0.15, -0.1) is 11.8 Å². The first kappa shape index (κ1) is 21.7. The summed E-state index contributed by atoms with van der Waals surface area (Å²) in [6.07, 6.45) is 0. The second-order valence-electron chi connectivity index (χ2n) is 7.66. The summed E-state index contributed by atoms with van der Waals surface area (Å²) < 4.78 is 0. The monoisotopic (exact) mass is 440 g/mol. The summed E-state index contributed by atoms with van der Waals surface area (Å²) in [6, 6.07) is 28.9. The van der Waals surface area contributed by atoms with Crippen molar-refractivity contribution in [2.45, 2.75) is 24.0 Å². The zero-order valence-electron chi connectivity index (χ0n) is 18.0. The van der Waals surface area contributed by atoms with Gasteiger partial charge in [0.1, 0.15) is 0 Å². The van der Waals surface area contributed by atoms with Gasteiger partial charge < -0.3 is 10.6 Å². The molecule has 1 atom stereocenters. The van der Waals surface area contributed by atoms with Gasteiger partial charge in [0.05, 0.1) is 5.25 Å². The highest BCUT2D eigenvalue weighted by molar-refractivity contribution is 8.00. The van der Waals surface area contributed by atoms with Crippen molar-refractivity contribution in [3.05, 3.63) is 102 Å². The first-order chi connectivity index (χ1) is 15.5. The van der Waals surface area contributed by atoms with Gasteiger partial charge in [-0.05, 0) is 78.7 Å². The zero-order chi connectivity index (χ0) is 22.5. The minimum Gasteiger partial charge on any atom is -0.325 e. The van der Waals surface area contributed by atoms with E-state index < -0.39 is 0 Å². The summed E-state index contributed by atoms with van der Waals surface area (Å²) in [5.74, 6) is -0.198. The SMILES string of the molecule is Cc1cccc(NC(=O)C(C)Sc2ccc(NC(=O)c3ccc4ccccc4c3)cc2)c1. The van der Waals surface area contributed by atoms with E-state index in [9.17, 15) is 9.59 Å². The molecular formula is C27H24N2O2S. The van der Waals surface area contributed by atoms with Gasteiger partial charge in [0.25, 0.3) is 5.91 Å². The van der Waals surface area contributed by atoms with Crippen LogP contribution in [-0.2, 0) is 4.79 Å². The van der Waals surface area contributed by atoms with E-state index in [1.165, 1.54) is 11.8 Å². The molecule has 0 saturated heterocycles. The van der Waals surface area contributed by atoms with Gasteiger partial charge in [0, 0.05) is 21.8 Å². The lowest BCUT2D eigenvalue weighted by Crippen LogP contribution is -2.22. The molecule has 0 saturated carbocycles. The smallest absolute Gasteiger partial charge is 0.255 e. The second-order valence-corrected chi connectivity index (χ2v) is 9.07. The summed E-state index contributed by atoms with van der Waals surface area (Å²) in [5.41, 5.74) is 3.23. The maximum Gasteiger partial charge on any atom is 0.255 e. The third kappa shape index (κ3) is 5.37. The molecule has 1 unspecified atom stereocenters. The Morgan fingerprint density at radius 1 is 0.750 bits per heavy atom. The summed E-state index contributed by atoms with van der Waals surface area (Å²) in [4.78, 5) is 26.1. The third-order valence-corrected chi connectivity index (χ3v) is 6.20. The van der Waals surface area contributed by atoms with Gasteiger partial charge in [0.2, 0.25) is 5.91 Å². The number of hydrogen-bond donors (Lipinski definition) is 2. The van der Waals surface area contributed by atoms with Crippen LogP contribution in [0, 0.1) is 6.92 Å². The van der Waals surface area contributed by atoms with Crippen LogP contribution < -0.4 is 10.6 Å². The fourth-order valence-electron chi connectivity index (χ4n) is 3.38. The molecule has 0 aliphatic heterocycles. The lowest BCUT2D eigenvalue weighted by atomic mass is 10.1. The minimum absolute atomic E-state index is 0.0470. The number of anilines is 2. The Labute approximate surface area is 192 Å². The van der Waals surface area contributed by atoms with Crippen LogP contribution >= 0.6 is 11.8 Å². The molecule has 160 valence electrons. The van der Waals surface area contributed by atoms with Gasteiger partial charge in [0.15, 0.2) is 0 Å². The van der Waals surface area contributed by atoms with Gasteiger partial charge in [-0.25, -0.2) is 0 Å². The largest absolute Gasteiger partial charge is 0.325 e. The molecule has 0 bridgehead atoms. The first-order valence-electron chi connectivity index (χ1n) is 10.4. The van der Waals surface area contributed by atoms with Crippen molar-refractivity contribution in [2.75, 3.05) is 10.6 Å². The topological polar surface area (TPSA) is 58.2 Å². The summed E-state index contributed by atoms with van der Waals surface area (Å²) in [6.45, 7) is 3.87. The van der Waals surface area contributed by atoms with E-state index in [2.05, 4.69) is 10.6 Å². The van der Waals surface area contributed by atoms with Crippen LogP contribution in [0.2, 0.25) is 0 Å². The number of nitrogens with one attached hydrogen (secondary N) is 2. The van der Waals surface area contributed by atoms with E-state index in [-0.39, 0.29) is 17.1 Å². The lowest BCUT2D eigenvalue weighted by Gasteiger charge is -2.13. The number of hydrogen-bond acceptors (Lipinski definition) is 3. The Bertz CT molecular complexity index is 1270. The van der Waals surface area contributed by atoms with Crippen molar-refractivity contribution < 1.29 is 9.59 Å². The van der Waals surface area contributed by atoms with Crippen LogP contribution in [0.25, 0.3) is 10.8 Å². The van der Waals surface area contributed by atoms with E-state index >= 15 is 0 Å². The maximum absolute atomic E-state index is 12.6. The molecule has 5 heteroatoms. The highest BCUT2D eigenvalue weighted by Crippen LogP contribution is 2.26. The third-order valence-electron chi connectivity index (χ3n) is 5.09. The van der Waals surface area contributed by atoms with Crippen LogP contribution in [0.3, 0.4) is 0 Å². The molecule has 0 aliphatic carbocycles. The molecule has 2 amide bonds. The first-order valence-corrected chi connectivity index (χ1v) is 11.3. The maximum atomic E-state index is 12.6. The highest BCUT2D eigenvalue weighted by atomic mass is 32.2. The van der Waals surface area contributed by atoms with Crippen molar-refractivity contribution >= 4 is 45.7 Å². The molecule has 0 heterocycles. The number of aryl methyl sites for hydroxylation is 1. The van der Waals surface area contributed by atoms with Gasteiger partial charge in [-0.2, -0.15) is 0 Å². The van der Waals surface area contributed by atoms with Gasteiger partial charge in [-0.3, -0.25) is 9.59 Å². The van der Waals surface area contributed by atoms with E-state index in [0.29, 0.717) is 11.3 Å². The lowest BCUT2D eigenvalue weighted by molar-refractivity contribution is -0.115. The molecule has 4 aromatic carbocycles. The predicted molar refractivity (Wildman–Crippen MR) is 133 cm³/mol. The molecule has 4 rings (SSSR count). The van der Waals surface area contributed by atoms with E-state index in [4.69, 9.17) is 0 Å². The van der Waals surface area contributed by atoms with Crippen molar-refractivity contribution in [2.24, 2.45) is 0 Å². The van der Waals surface area contributed by atoms with E-state index in [1.807, 2.05) is 105 Å². The number of benzene rings is 4. The average molecular weight is 441 g/mol. The summed E-state index contributed by atoms with van der Waals surface area (Å²) in [5, 5.41) is 7.77. The fourth-order valence-corrected chi connectivity index (χ4v) is 4.24. The molecule has 0 aliphatic rings. The van der Waals surface area contributed by atoms with Crippen LogP contribution in [0.5, 0.6) is 0 Å². The van der Waals surface area contributed by atoms with E-state index in [0.717, 1.165) is 26.9 Å². The molecule has 32 heavy (non-hydrogen) atoms. The number of rotatable bonds is 6. The zero-order valence-corrected chi connectivity index (χ0v) is 18.8. The van der Waals surface area contributed by atoms with E-state index in [1.54, 1.807) is 0 Å². The van der Waals surface area contributed by atoms with Crippen LogP contribution in [0.1, 0.15) is 22.8 Å². The predicted octanol–water partition coefficient (Wildman–Crippen LogP) is 6.52. The number of fused-ring (bicyclic) bond motifs is 1. The summed E-state index contributed by atoms with van der Waals surface area (Å²) >= 11 is 1.48. The Hall–Kier alpha value is -3.57. The molecule has 0 spiro atoms. The Balaban J connectivity index is 1.35. The van der Waals surface area contributed by atoms with Crippen LogP contribution in [0.4, 0.5) is 11.4 Å².